The Labute approximate surface area is 775 Å². The quantitative estimate of drug-likeness (QED) is 0.0756. The van der Waals surface area contributed by atoms with Gasteiger partial charge in [-0.15, -0.1) is 45.3 Å². The van der Waals surface area contributed by atoms with E-state index in [1.807, 2.05) is 109 Å². The first-order chi connectivity index (χ1) is 61.4. The third-order valence-corrected chi connectivity index (χ3v) is 31.6. The molecule has 0 radical (unpaired) electrons. The zero-order chi connectivity index (χ0) is 87.1. The van der Waals surface area contributed by atoms with Crippen molar-refractivity contribution in [1.29, 1.82) is 0 Å². The number of fused-ring (bicyclic) bond motifs is 6. The minimum absolute atomic E-state index is 0.00491. The number of nitrogens with one attached hydrogen (secondary N) is 4. The Morgan fingerprint density at radius 1 is 0.468 bits per heavy atom. The lowest BCUT2D eigenvalue weighted by Crippen LogP contribution is -2.52. The molecule has 7 aliphatic heterocycles. The Hall–Kier alpha value is -9.23. The van der Waals surface area contributed by atoms with Crippen molar-refractivity contribution in [2.24, 2.45) is 0 Å². The fourth-order valence-electron chi connectivity index (χ4n) is 17.4. The maximum Gasteiger partial charge on any atom is 0.263 e. The molecule has 6 aromatic heterocycles. The van der Waals surface area contributed by atoms with Crippen LogP contribution in [0.15, 0.2) is 188 Å². The number of benzene rings is 6. The number of hydrogen-bond donors (Lipinski definition) is 5. The first-order valence-electron chi connectivity index (χ1n) is 42.1. The van der Waals surface area contributed by atoms with Gasteiger partial charge in [0.1, 0.15) is 10.9 Å². The summed E-state index contributed by atoms with van der Waals surface area (Å²) in [5.41, 5.74) is 12.7. The van der Waals surface area contributed by atoms with Gasteiger partial charge in [-0.1, -0.05) is 160 Å². The summed E-state index contributed by atoms with van der Waals surface area (Å²) < 4.78 is 21.7. The molecule has 20 nitrogen and oxygen atoms in total. The second-order valence-electron chi connectivity index (χ2n) is 31.7. The maximum atomic E-state index is 12.7. The van der Waals surface area contributed by atoms with Crippen molar-refractivity contribution in [3.05, 3.63) is 298 Å². The molecule has 9 aliphatic rings. The third-order valence-electron chi connectivity index (χ3n) is 24.0. The van der Waals surface area contributed by atoms with Crippen LogP contribution in [0, 0.1) is 0 Å². The van der Waals surface area contributed by atoms with E-state index < -0.39 is 12.1 Å². The van der Waals surface area contributed by atoms with Gasteiger partial charge in [0.05, 0.1) is 104 Å². The number of carbonyl (C=O) groups excluding carboxylic acids is 6. The number of rotatable bonds is 11. The molecular weight excluding hydrogens is 1790 g/mol. The van der Waals surface area contributed by atoms with Crippen LogP contribution in [0.1, 0.15) is 177 Å². The molecule has 0 saturated carbocycles. The molecule has 5 N–H and O–H groups in total. The average molecular weight is 1880 g/mol. The van der Waals surface area contributed by atoms with Crippen LogP contribution in [0.4, 0.5) is 15.1 Å². The molecular formula is C96H90Cl5N9O11S5. The van der Waals surface area contributed by atoms with Crippen LogP contribution < -0.4 is 36.0 Å². The lowest BCUT2D eigenvalue weighted by atomic mass is 9.82. The molecule has 3 fully saturated rings. The number of nitrogens with zero attached hydrogens (tertiary/aromatic N) is 5. The Kier molecular flexibility index (Phi) is 28.6. The molecule has 5 unspecified atom stereocenters. The van der Waals surface area contributed by atoms with Crippen molar-refractivity contribution < 1.29 is 52.8 Å². The van der Waals surface area contributed by atoms with E-state index in [1.54, 1.807) is 42.1 Å². The lowest BCUT2D eigenvalue weighted by Gasteiger charge is -2.31. The first-order valence-corrected chi connectivity index (χ1v) is 48.1. The lowest BCUT2D eigenvalue weighted by molar-refractivity contribution is -0.122. The van der Waals surface area contributed by atoms with Crippen molar-refractivity contribution in [3.8, 4) is 10.4 Å². The zero-order valence-electron chi connectivity index (χ0n) is 68.7. The molecule has 0 spiro atoms. The number of thiophene rings is 4. The van der Waals surface area contributed by atoms with E-state index in [-0.39, 0.29) is 64.8 Å². The van der Waals surface area contributed by atoms with Crippen molar-refractivity contribution in [1.82, 2.24) is 31.2 Å². The molecule has 0 bridgehead atoms. The van der Waals surface area contributed by atoms with E-state index in [2.05, 4.69) is 108 Å². The number of aliphatic hydroxyl groups excluding tert-OH is 1. The predicted molar refractivity (Wildman–Crippen MR) is 507 cm³/mol. The molecule has 13 heterocycles. The smallest absolute Gasteiger partial charge is 0.263 e. The highest BCUT2D eigenvalue weighted by Gasteiger charge is 2.42. The number of aliphatic hydroxyl groups is 1. The molecule has 2 aliphatic carbocycles. The average Bonchev–Trinajstić information content (AvgIpc) is 1.57. The second kappa shape index (κ2) is 40.6. The number of morpholine rings is 3. The monoisotopic (exact) mass is 1880 g/mol. The van der Waals surface area contributed by atoms with Gasteiger partial charge < -0.3 is 60.0 Å². The highest BCUT2D eigenvalue weighted by Crippen LogP contribution is 2.49. The maximum absolute atomic E-state index is 12.7. The van der Waals surface area contributed by atoms with E-state index in [0.29, 0.717) is 83.7 Å². The van der Waals surface area contributed by atoms with Crippen LogP contribution in [-0.4, -0.2) is 175 Å². The van der Waals surface area contributed by atoms with Gasteiger partial charge in [0.25, 0.3) is 17.7 Å². The molecule has 6 aromatic carbocycles. The standard InChI is InChI=1S/C21H21N3O2S.C20H19ClN2O3S.C20H16ClNO2S.C18H17Cl2NO2S.C17H17ClN2O2S/c25-20-19-18(23-21(27-19)24-9-11-26-12-10-24)17(7-8-22-20)16-6-5-14-3-1-2-4-15(14)13-16;1-22-19(24)17-16(12-2-4-13(21)5-3-12)14-10-15(11-6-8-26-9-7-11)27-18(14)20(25)23-17;21-14-3-1-13(2-4-14)19-15-11-18(12-7-9-22-10-8-12)25-20(15)17(24)6-5-16(19)23;19-14-3-1-11(9-15(14)20)12-2-4-16(22)18-13(12)10-17(24-18)21-5-7-23-8-6-21;18-12-3-1-11(2-4-12)14-10-19-17(21)16-13(14)9-15(23-16)20-5-7-22-8-6-20/h1-6,13,17H,7-12H2,(H,22,25);2-6,10,16-17H,7-9H2,1H3,(H,22,24)(H,23,25);1-4,7-11,16,19,23H,5-6H2;1,3,9-10,12H,2,4-8H2;1-4,9,14H,5-8,10H2,(H,19,21)/t;16-,17-;;;/m.1.../s1. The zero-order valence-corrected chi connectivity index (χ0v) is 76.6. The number of hydrogen-bond acceptors (Lipinski definition) is 21. The van der Waals surface area contributed by atoms with Crippen LogP contribution in [0.5, 0.6) is 0 Å². The number of thiazole rings is 1. The summed E-state index contributed by atoms with van der Waals surface area (Å²) in [6.45, 7) is 12.2. The predicted octanol–water partition coefficient (Wildman–Crippen LogP) is 19.6. The number of aromatic nitrogens is 2. The summed E-state index contributed by atoms with van der Waals surface area (Å²) in [5.74, 6) is 0.0337. The van der Waals surface area contributed by atoms with Gasteiger partial charge >= 0.3 is 0 Å². The van der Waals surface area contributed by atoms with Gasteiger partial charge in [-0.2, -0.15) is 0 Å². The summed E-state index contributed by atoms with van der Waals surface area (Å²) in [6, 6.07) is 55.3. The van der Waals surface area contributed by atoms with Gasteiger partial charge in [-0.3, -0.25) is 33.8 Å². The van der Waals surface area contributed by atoms with Crippen molar-refractivity contribution in [3.63, 3.8) is 0 Å². The van der Waals surface area contributed by atoms with Crippen molar-refractivity contribution in [2.45, 2.75) is 80.3 Å². The SMILES string of the molecule is CNC(=O)[C@@H]1NC(=O)c2sc(C3=CCOCC3)cc2[C@H]1c1ccc(Cl)cc1.O=C1CCC(O)C(c2ccc(Cl)cc2)c2cc(-c3ccncc3)sc21.O=C1CCC(c2ccc(Cl)c(Cl)c2)c2cc(N3CCOCC3)sc21.O=C1NCC(c2ccc(Cl)cc2)c2cc(N3CCOCC3)sc21.O=C1NCCC(c2ccc3ccccc3c2)c2nc(N3CCOCC3)sc21. The minimum atomic E-state index is -0.665. The fraction of sp³-hybridized carbons (Fsp3) is 0.312. The number of amides is 4. The summed E-state index contributed by atoms with van der Waals surface area (Å²) in [4.78, 5) is 96.9. The molecule has 3 saturated heterocycles. The molecule has 30 heteroatoms. The van der Waals surface area contributed by atoms with Crippen LogP contribution in [0.25, 0.3) is 26.8 Å². The topological polar surface area (TPSA) is 243 Å². The molecule has 7 atom stereocenters. The Balaban J connectivity index is 0.000000111. The largest absolute Gasteiger partial charge is 0.392 e. The fourth-order valence-corrected chi connectivity index (χ4v) is 24.0. The summed E-state index contributed by atoms with van der Waals surface area (Å²) in [6.07, 6.45) is 8.89. The van der Waals surface area contributed by atoms with Crippen LogP contribution in [0.3, 0.4) is 0 Å². The number of carbonyl (C=O) groups is 6. The van der Waals surface area contributed by atoms with Gasteiger partial charge in [-0.25, -0.2) is 4.98 Å². The molecule has 650 valence electrons. The number of ketones is 2. The normalized spacial score (nSPS) is 20.8. The number of Topliss-reactive ketones (excluding diaryl/α,β-unsaturated/α-hetero) is 2. The number of halogens is 5. The van der Waals surface area contributed by atoms with Gasteiger partial charge in [0, 0.05) is 139 Å². The number of ether oxygens (including phenoxy) is 4. The second-order valence-corrected chi connectivity index (χ2v) is 39.0. The van der Waals surface area contributed by atoms with E-state index in [0.717, 1.165) is 180 Å². The number of anilines is 3. The molecule has 21 rings (SSSR count). The summed E-state index contributed by atoms with van der Waals surface area (Å²) in [5, 5.41) is 31.2. The number of likely N-dealkylation sites (N-methyl/N-ethyl adjacent to an activating group) is 1. The van der Waals surface area contributed by atoms with Gasteiger partial charge in [-0.05, 0) is 183 Å². The highest BCUT2D eigenvalue weighted by molar-refractivity contribution is 7.19. The summed E-state index contributed by atoms with van der Waals surface area (Å²) in [7, 11) is 1.58. The van der Waals surface area contributed by atoms with Crippen molar-refractivity contribution in [2.75, 3.05) is 127 Å². The molecule has 4 amide bonds. The Morgan fingerprint density at radius 2 is 1.01 bits per heavy atom. The van der Waals surface area contributed by atoms with Gasteiger partial charge in [0.15, 0.2) is 16.7 Å². The van der Waals surface area contributed by atoms with E-state index >= 15 is 0 Å². The summed E-state index contributed by atoms with van der Waals surface area (Å²) >= 11 is 38.0. The van der Waals surface area contributed by atoms with Crippen molar-refractivity contribution >= 4 is 181 Å². The number of pyridine rings is 1. The highest BCUT2D eigenvalue weighted by atomic mass is 35.5. The Bertz CT molecular complexity index is 6000. The van der Waals surface area contributed by atoms with E-state index in [1.165, 1.54) is 66.5 Å². The third kappa shape index (κ3) is 20.0. The van der Waals surface area contributed by atoms with Crippen LogP contribution in [0.2, 0.25) is 25.1 Å². The minimum Gasteiger partial charge on any atom is -0.392 e. The van der Waals surface area contributed by atoms with E-state index in [4.69, 9.17) is 81.9 Å². The van der Waals surface area contributed by atoms with Crippen LogP contribution >= 0.6 is 115 Å². The van der Waals surface area contributed by atoms with Crippen LogP contribution in [-0.2, 0) is 23.7 Å². The molecule has 126 heavy (non-hydrogen) atoms. The Morgan fingerprint density at radius 3 is 1.64 bits per heavy atom. The first kappa shape index (κ1) is 88.8. The van der Waals surface area contributed by atoms with Gasteiger partial charge in [0.2, 0.25) is 5.91 Å². The molecule has 12 aromatic rings. The van der Waals surface area contributed by atoms with E-state index in [9.17, 15) is 33.9 Å².